The molecule has 2 aromatic rings. The van der Waals surface area contributed by atoms with E-state index in [-0.39, 0.29) is 41.7 Å². The summed E-state index contributed by atoms with van der Waals surface area (Å²) >= 11 is 0. The molecule has 1 heterocycles. The first-order chi connectivity index (χ1) is 13.5. The molecule has 0 saturated carbocycles. The normalized spacial score (nSPS) is 12.5. The first-order valence-corrected chi connectivity index (χ1v) is 9.82. The lowest BCUT2D eigenvalue weighted by Gasteiger charge is -2.22. The van der Waals surface area contributed by atoms with Crippen molar-refractivity contribution >= 4 is 17.5 Å². The van der Waals surface area contributed by atoms with Crippen molar-refractivity contribution in [1.29, 1.82) is 0 Å². The first kappa shape index (κ1) is 22.4. The summed E-state index contributed by atoms with van der Waals surface area (Å²) < 4.78 is 3.24. The Labute approximate surface area is 171 Å². The lowest BCUT2D eigenvalue weighted by Crippen LogP contribution is -3.14. The zero-order valence-corrected chi connectivity index (χ0v) is 18.1. The van der Waals surface area contributed by atoms with Crippen LogP contribution in [-0.2, 0) is 16.6 Å². The molecule has 0 aliphatic rings. The van der Waals surface area contributed by atoms with E-state index < -0.39 is 0 Å². The molecule has 1 aromatic heterocycles. The van der Waals surface area contributed by atoms with Gasteiger partial charge in [-0.15, -0.1) is 0 Å². The number of likely N-dealkylation sites (N-methyl/N-ethyl adjacent to an activating group) is 1. The lowest BCUT2D eigenvalue weighted by molar-refractivity contribution is -0.881. The fourth-order valence-electron chi connectivity index (χ4n) is 3.12. The number of aromatic nitrogens is 2. The van der Waals surface area contributed by atoms with Gasteiger partial charge < -0.3 is 15.5 Å². The van der Waals surface area contributed by atoms with E-state index in [4.69, 9.17) is 0 Å². The topological polar surface area (TPSA) is 89.6 Å². The van der Waals surface area contributed by atoms with E-state index in [1.165, 1.54) is 4.68 Å². The van der Waals surface area contributed by atoms with Gasteiger partial charge in [0.2, 0.25) is 0 Å². The van der Waals surface area contributed by atoms with Gasteiger partial charge in [0.1, 0.15) is 5.69 Å². The average molecular weight is 403 g/mol. The number of rotatable bonds is 7. The van der Waals surface area contributed by atoms with E-state index in [1.807, 2.05) is 58.0 Å². The smallest absolute Gasteiger partial charge is 0.295 e. The van der Waals surface area contributed by atoms with Crippen molar-refractivity contribution in [3.8, 4) is 5.69 Å². The molecule has 158 valence electrons. The Hall–Kier alpha value is -2.87. The number of quaternary nitrogens is 1. The second kappa shape index (κ2) is 9.09. The third-order valence-corrected chi connectivity index (χ3v) is 4.65. The second-order valence-electron chi connectivity index (χ2n) is 8.24. The monoisotopic (exact) mass is 402 g/mol. The van der Waals surface area contributed by atoms with Crippen LogP contribution in [0.1, 0.15) is 33.4 Å². The van der Waals surface area contributed by atoms with Gasteiger partial charge in [-0.05, 0) is 46.8 Å². The average Bonchev–Trinajstić information content (AvgIpc) is 2.83. The van der Waals surface area contributed by atoms with Crippen molar-refractivity contribution in [2.75, 3.05) is 25.0 Å². The molecular weight excluding hydrogens is 370 g/mol. The third-order valence-electron chi connectivity index (χ3n) is 4.65. The molecule has 8 heteroatoms. The van der Waals surface area contributed by atoms with Crippen LogP contribution < -0.4 is 21.1 Å². The molecule has 8 nitrogen and oxygen atoms in total. The number of benzene rings is 1. The van der Waals surface area contributed by atoms with Gasteiger partial charge in [0.05, 0.1) is 17.9 Å². The summed E-state index contributed by atoms with van der Waals surface area (Å²) in [4.78, 5) is 38.5. The summed E-state index contributed by atoms with van der Waals surface area (Å²) in [6, 6.07) is 9.26. The summed E-state index contributed by atoms with van der Waals surface area (Å²) in [5.41, 5.74) is 1.05. The van der Waals surface area contributed by atoms with Gasteiger partial charge in [0.15, 0.2) is 13.1 Å². The minimum Gasteiger partial charge on any atom is -0.347 e. The van der Waals surface area contributed by atoms with Crippen molar-refractivity contribution in [2.45, 2.75) is 40.2 Å². The number of nitrogens with one attached hydrogen (secondary N) is 3. The fourth-order valence-corrected chi connectivity index (χ4v) is 3.12. The summed E-state index contributed by atoms with van der Waals surface area (Å²) in [5, 5.41) is 5.66. The van der Waals surface area contributed by atoms with Crippen molar-refractivity contribution < 1.29 is 14.5 Å². The van der Waals surface area contributed by atoms with E-state index >= 15 is 0 Å². The van der Waals surface area contributed by atoms with E-state index in [2.05, 4.69) is 10.6 Å². The number of carbonyl (C=O) groups excluding carboxylic acids is 2. The number of hydrogen-bond acceptors (Lipinski definition) is 3. The number of amides is 2. The van der Waals surface area contributed by atoms with Crippen molar-refractivity contribution in [1.82, 2.24) is 14.7 Å². The molecule has 1 unspecified atom stereocenters. The summed E-state index contributed by atoms with van der Waals surface area (Å²) in [6.45, 7) is 10.4. The molecule has 0 bridgehead atoms. The van der Waals surface area contributed by atoms with Crippen molar-refractivity contribution in [3.63, 3.8) is 0 Å². The summed E-state index contributed by atoms with van der Waals surface area (Å²) in [5.74, 6) is -0.402. The van der Waals surface area contributed by atoms with Crippen LogP contribution in [0.2, 0.25) is 0 Å². The van der Waals surface area contributed by atoms with Gasteiger partial charge in [0, 0.05) is 12.6 Å². The van der Waals surface area contributed by atoms with E-state index in [0.717, 1.165) is 10.6 Å². The highest BCUT2D eigenvalue weighted by atomic mass is 16.2. The summed E-state index contributed by atoms with van der Waals surface area (Å²) in [6.07, 6.45) is 0. The van der Waals surface area contributed by atoms with Crippen LogP contribution in [0.25, 0.3) is 5.69 Å². The molecule has 2 amide bonds. The Kier molecular flexibility index (Phi) is 7.02. The molecule has 0 aliphatic carbocycles. The number of carbonyl (C=O) groups is 2. The predicted octanol–water partition coefficient (Wildman–Crippen LogP) is 0.242. The van der Waals surface area contributed by atoms with Gasteiger partial charge in [-0.3, -0.25) is 19.1 Å². The molecule has 2 rings (SSSR count). The molecule has 1 atom stereocenters. The van der Waals surface area contributed by atoms with Crippen LogP contribution in [0.15, 0.2) is 35.1 Å². The molecular formula is C21H32N5O3+. The van der Waals surface area contributed by atoms with Crippen LogP contribution in [0, 0.1) is 6.92 Å². The highest BCUT2D eigenvalue weighted by Crippen LogP contribution is 2.13. The van der Waals surface area contributed by atoms with Gasteiger partial charge in [-0.25, -0.2) is 4.68 Å². The molecule has 0 radical (unpaired) electrons. The highest BCUT2D eigenvalue weighted by molar-refractivity contribution is 5.92. The van der Waals surface area contributed by atoms with E-state index in [0.29, 0.717) is 12.2 Å². The number of anilines is 1. The standard InChI is InChI=1S/C21H31N5O3/c1-7-25(14-18(28)23-21(3,4)5)13-17(27)22-19-15(2)24(6)26(20(19)29)16-11-9-8-10-12-16/h8-12H,7,13-14H2,1-6H3,(H,22,27)(H,23,28)/p+1. The molecule has 3 N–H and O–H groups in total. The molecule has 0 aliphatic heterocycles. The van der Waals surface area contributed by atoms with Gasteiger partial charge >= 0.3 is 0 Å². The van der Waals surface area contributed by atoms with Crippen LogP contribution in [0.5, 0.6) is 0 Å². The van der Waals surface area contributed by atoms with Gasteiger partial charge in [-0.1, -0.05) is 18.2 Å². The maximum absolute atomic E-state index is 12.9. The largest absolute Gasteiger partial charge is 0.347 e. The van der Waals surface area contributed by atoms with Crippen LogP contribution >= 0.6 is 0 Å². The van der Waals surface area contributed by atoms with Crippen LogP contribution in [-0.4, -0.2) is 46.4 Å². The van der Waals surface area contributed by atoms with E-state index in [9.17, 15) is 14.4 Å². The Morgan fingerprint density at radius 1 is 1.07 bits per heavy atom. The molecule has 29 heavy (non-hydrogen) atoms. The van der Waals surface area contributed by atoms with Crippen LogP contribution in [0.3, 0.4) is 0 Å². The number of hydrogen-bond donors (Lipinski definition) is 3. The number of nitrogens with zero attached hydrogens (tertiary/aromatic N) is 2. The van der Waals surface area contributed by atoms with Crippen LogP contribution in [0.4, 0.5) is 5.69 Å². The molecule has 0 spiro atoms. The van der Waals surface area contributed by atoms with Gasteiger partial charge in [-0.2, -0.15) is 0 Å². The predicted molar refractivity (Wildman–Crippen MR) is 114 cm³/mol. The first-order valence-electron chi connectivity index (χ1n) is 9.82. The maximum atomic E-state index is 12.9. The van der Waals surface area contributed by atoms with E-state index in [1.54, 1.807) is 18.7 Å². The third kappa shape index (κ3) is 5.80. The van der Waals surface area contributed by atoms with Gasteiger partial charge in [0.25, 0.3) is 17.4 Å². The summed E-state index contributed by atoms with van der Waals surface area (Å²) in [7, 11) is 1.78. The van der Waals surface area contributed by atoms with Crippen molar-refractivity contribution in [3.05, 3.63) is 46.4 Å². The number of para-hydroxylation sites is 1. The quantitative estimate of drug-likeness (QED) is 0.620. The Morgan fingerprint density at radius 2 is 1.66 bits per heavy atom. The minimum absolute atomic E-state index is 0.104. The lowest BCUT2D eigenvalue weighted by atomic mass is 10.1. The second-order valence-corrected chi connectivity index (χ2v) is 8.24. The minimum atomic E-state index is -0.318. The SMILES string of the molecule is CC[NH+](CC(=O)Nc1c(C)n(C)n(-c2ccccc2)c1=O)CC(=O)NC(C)(C)C. The zero-order chi connectivity index (χ0) is 21.8. The molecule has 1 aromatic carbocycles. The Balaban J connectivity index is 2.13. The highest BCUT2D eigenvalue weighted by Gasteiger charge is 2.23. The Bertz CT molecular complexity index is 922. The zero-order valence-electron chi connectivity index (χ0n) is 18.1. The maximum Gasteiger partial charge on any atom is 0.295 e. The molecule has 0 fully saturated rings. The van der Waals surface area contributed by atoms with Crippen molar-refractivity contribution in [2.24, 2.45) is 7.05 Å². The Morgan fingerprint density at radius 3 is 2.21 bits per heavy atom. The molecule has 0 saturated heterocycles. The fraction of sp³-hybridized carbons (Fsp3) is 0.476.